The van der Waals surface area contributed by atoms with Crippen LogP contribution in [0.15, 0.2) is 84.9 Å². The molecule has 1 fully saturated rings. The number of rotatable bonds is 10. The molecule has 0 unspecified atom stereocenters. The van der Waals surface area contributed by atoms with E-state index in [1.807, 2.05) is 84.4 Å². The third-order valence-electron chi connectivity index (χ3n) is 7.11. The highest BCUT2D eigenvalue weighted by atomic mass is 32.2. The van der Waals surface area contributed by atoms with Gasteiger partial charge in [-0.3, -0.25) is 4.79 Å². The molecule has 1 aromatic heterocycles. The van der Waals surface area contributed by atoms with E-state index in [-0.39, 0.29) is 17.1 Å². The predicted octanol–water partition coefficient (Wildman–Crippen LogP) is 5.42. The molecule has 2 heterocycles. The summed E-state index contributed by atoms with van der Waals surface area (Å²) in [6.45, 7) is 4.60. The lowest BCUT2D eigenvalue weighted by atomic mass is 10.1. The summed E-state index contributed by atoms with van der Waals surface area (Å²) >= 11 is 1.80. The minimum atomic E-state index is -3.31. The molecule has 10 heteroatoms. The lowest BCUT2D eigenvalue weighted by Crippen LogP contribution is -2.37. The number of benzene rings is 3. The average Bonchev–Trinajstić information content (AvgIpc) is 3.56. The molecule has 0 radical (unpaired) electrons. The number of aromatic nitrogens is 3. The number of carbonyl (C=O) groups is 1. The van der Waals surface area contributed by atoms with Crippen LogP contribution < -0.4 is 4.74 Å². The minimum Gasteiger partial charge on any atom is -0.497 e. The van der Waals surface area contributed by atoms with E-state index in [2.05, 4.69) is 22.4 Å². The second-order valence-corrected chi connectivity index (χ2v) is 13.7. The van der Waals surface area contributed by atoms with Gasteiger partial charge in [-0.1, -0.05) is 78.0 Å². The highest BCUT2D eigenvalue weighted by Gasteiger charge is 2.38. The standard InChI is InChI=1S/C23H28N4O3S2.C9H10O/c1-17-23(19-7-5-4-6-8-19)24-25-26(17)14-20-13-22(15-27(20)32(3,28)29)31-16-18-9-11-21(30-2)12-10-18;1-8(10)7-9-5-3-2-4-6-9/h4-12,20,22H,13-16H2,1-3H3;2-6H,7H2,1H3/t20-,22+;/m0./s1. The summed E-state index contributed by atoms with van der Waals surface area (Å²) in [5.41, 5.74) is 5.08. The highest BCUT2D eigenvalue weighted by Crippen LogP contribution is 2.33. The second kappa shape index (κ2) is 14.6. The molecule has 2 atom stereocenters. The van der Waals surface area contributed by atoms with Crippen molar-refractivity contribution < 1.29 is 17.9 Å². The van der Waals surface area contributed by atoms with E-state index in [0.29, 0.717) is 19.5 Å². The van der Waals surface area contributed by atoms with Gasteiger partial charge in [0.05, 0.1) is 25.6 Å². The number of methoxy groups -OCH3 is 1. The number of nitrogens with zero attached hydrogens (tertiary/aromatic N) is 4. The third kappa shape index (κ3) is 8.77. The van der Waals surface area contributed by atoms with Crippen molar-refractivity contribution in [2.24, 2.45) is 0 Å². The molecule has 0 N–H and O–H groups in total. The molecule has 1 aliphatic heterocycles. The fourth-order valence-corrected chi connectivity index (χ4v) is 7.44. The van der Waals surface area contributed by atoms with Gasteiger partial charge in [-0.05, 0) is 43.5 Å². The largest absolute Gasteiger partial charge is 0.497 e. The Labute approximate surface area is 253 Å². The number of thioether (sulfide) groups is 1. The van der Waals surface area contributed by atoms with Gasteiger partial charge in [0, 0.05) is 35.6 Å². The van der Waals surface area contributed by atoms with Crippen molar-refractivity contribution in [1.29, 1.82) is 0 Å². The summed E-state index contributed by atoms with van der Waals surface area (Å²) in [6, 6.07) is 27.5. The summed E-state index contributed by atoms with van der Waals surface area (Å²) in [4.78, 5) is 10.6. The van der Waals surface area contributed by atoms with E-state index in [1.54, 1.807) is 30.1 Å². The first kappa shape index (κ1) is 31.5. The molecule has 1 aliphatic rings. The van der Waals surface area contributed by atoms with Crippen LogP contribution in [0.2, 0.25) is 0 Å². The van der Waals surface area contributed by atoms with Gasteiger partial charge in [0.25, 0.3) is 0 Å². The lowest BCUT2D eigenvalue weighted by molar-refractivity contribution is -0.116. The zero-order valence-corrected chi connectivity index (χ0v) is 26.1. The number of hydrogen-bond donors (Lipinski definition) is 0. The smallest absolute Gasteiger partial charge is 0.211 e. The fourth-order valence-electron chi connectivity index (χ4n) is 4.95. The van der Waals surface area contributed by atoms with Gasteiger partial charge in [-0.15, -0.1) is 5.10 Å². The number of sulfonamides is 1. The van der Waals surface area contributed by atoms with Crippen molar-refractivity contribution >= 4 is 27.6 Å². The van der Waals surface area contributed by atoms with Crippen LogP contribution in [0.25, 0.3) is 11.3 Å². The van der Waals surface area contributed by atoms with Crippen LogP contribution in [0.4, 0.5) is 0 Å². The number of hydrogen-bond acceptors (Lipinski definition) is 7. The first-order valence-electron chi connectivity index (χ1n) is 13.8. The number of ether oxygens (including phenoxy) is 1. The van der Waals surface area contributed by atoms with Crippen LogP contribution in [0.1, 0.15) is 30.2 Å². The first-order valence-corrected chi connectivity index (χ1v) is 16.7. The Morgan fingerprint density at radius 2 is 1.62 bits per heavy atom. The van der Waals surface area contributed by atoms with Gasteiger partial charge in [0.2, 0.25) is 10.0 Å². The first-order chi connectivity index (χ1) is 20.1. The second-order valence-electron chi connectivity index (χ2n) is 10.4. The van der Waals surface area contributed by atoms with Gasteiger partial charge in [-0.2, -0.15) is 16.1 Å². The Balaban J connectivity index is 0.000000343. The Morgan fingerprint density at radius 3 is 2.21 bits per heavy atom. The Morgan fingerprint density at radius 1 is 0.976 bits per heavy atom. The predicted molar refractivity (Wildman–Crippen MR) is 169 cm³/mol. The maximum absolute atomic E-state index is 12.5. The number of Topliss-reactive ketones (excluding diaryl/α,β-unsaturated/α-hetero) is 1. The summed E-state index contributed by atoms with van der Waals surface area (Å²) in [7, 11) is -1.66. The van der Waals surface area contributed by atoms with Crippen LogP contribution in [-0.2, 0) is 33.5 Å². The molecule has 0 bridgehead atoms. The van der Waals surface area contributed by atoms with Gasteiger partial charge < -0.3 is 4.74 Å². The van der Waals surface area contributed by atoms with Gasteiger partial charge >= 0.3 is 0 Å². The zero-order valence-electron chi connectivity index (χ0n) is 24.5. The SMILES string of the molecule is CC(=O)Cc1ccccc1.COc1ccc(CS[C@@H]2C[C@@H](Cn3nnc(-c4ccccc4)c3C)N(S(C)(=O)=O)C2)cc1. The summed E-state index contributed by atoms with van der Waals surface area (Å²) < 4.78 is 33.7. The van der Waals surface area contributed by atoms with Crippen LogP contribution in [-0.4, -0.2) is 64.7 Å². The zero-order chi connectivity index (χ0) is 30.1. The summed E-state index contributed by atoms with van der Waals surface area (Å²) in [6.07, 6.45) is 2.63. The summed E-state index contributed by atoms with van der Waals surface area (Å²) in [5, 5.41) is 8.92. The van der Waals surface area contributed by atoms with Gasteiger partial charge in [0.15, 0.2) is 0 Å². The maximum atomic E-state index is 12.5. The maximum Gasteiger partial charge on any atom is 0.211 e. The molecule has 8 nitrogen and oxygen atoms in total. The molecule has 222 valence electrons. The molecule has 3 aromatic carbocycles. The van der Waals surface area contributed by atoms with Crippen molar-refractivity contribution in [2.75, 3.05) is 19.9 Å². The normalized spacial score (nSPS) is 17.0. The molecular formula is C32H38N4O4S2. The molecule has 0 amide bonds. The molecule has 4 aromatic rings. The Kier molecular flexibility index (Phi) is 11.0. The summed E-state index contributed by atoms with van der Waals surface area (Å²) in [5.74, 6) is 1.88. The van der Waals surface area contributed by atoms with Crippen LogP contribution >= 0.6 is 11.8 Å². The van der Waals surface area contributed by atoms with Crippen molar-refractivity contribution in [3.63, 3.8) is 0 Å². The fraction of sp³-hybridized carbons (Fsp3) is 0.344. The van der Waals surface area contributed by atoms with Gasteiger partial charge in [-0.25, -0.2) is 13.1 Å². The monoisotopic (exact) mass is 606 g/mol. The number of carbonyl (C=O) groups excluding carboxylic acids is 1. The van der Waals surface area contributed by atoms with E-state index >= 15 is 0 Å². The van der Waals surface area contributed by atoms with Crippen molar-refractivity contribution in [3.8, 4) is 17.0 Å². The van der Waals surface area contributed by atoms with E-state index in [4.69, 9.17) is 4.74 Å². The van der Waals surface area contributed by atoms with E-state index in [9.17, 15) is 13.2 Å². The van der Waals surface area contributed by atoms with Crippen molar-refractivity contribution in [3.05, 3.63) is 102 Å². The Hall–Kier alpha value is -3.47. The molecule has 1 saturated heterocycles. The molecule has 5 rings (SSSR count). The van der Waals surface area contributed by atoms with E-state index < -0.39 is 10.0 Å². The average molecular weight is 607 g/mol. The lowest BCUT2D eigenvalue weighted by Gasteiger charge is -2.22. The van der Waals surface area contributed by atoms with Crippen molar-refractivity contribution in [2.45, 2.75) is 50.3 Å². The molecule has 42 heavy (non-hydrogen) atoms. The van der Waals surface area contributed by atoms with Crippen LogP contribution in [0.3, 0.4) is 0 Å². The Bertz CT molecular complexity index is 1540. The molecule has 0 spiro atoms. The highest BCUT2D eigenvalue weighted by molar-refractivity contribution is 7.99. The van der Waals surface area contributed by atoms with Gasteiger partial charge in [0.1, 0.15) is 17.2 Å². The topological polar surface area (TPSA) is 94.4 Å². The van der Waals surface area contributed by atoms with Crippen LogP contribution in [0.5, 0.6) is 5.75 Å². The number of ketones is 1. The van der Waals surface area contributed by atoms with E-state index in [0.717, 1.165) is 40.4 Å². The van der Waals surface area contributed by atoms with Crippen molar-refractivity contribution in [1.82, 2.24) is 19.3 Å². The minimum absolute atomic E-state index is 0.137. The quantitative estimate of drug-likeness (QED) is 0.238. The van der Waals surface area contributed by atoms with Crippen LogP contribution in [0, 0.1) is 6.92 Å². The van der Waals surface area contributed by atoms with E-state index in [1.165, 1.54) is 11.8 Å². The molecule has 0 aliphatic carbocycles. The molecule has 0 saturated carbocycles. The molecular weight excluding hydrogens is 569 g/mol. The third-order valence-corrected chi connectivity index (χ3v) is 9.72.